The molecule has 100 valence electrons. The molecule has 1 amide bonds. The number of aromatic nitrogens is 2. The van der Waals surface area contributed by atoms with Crippen molar-refractivity contribution in [3.05, 3.63) is 18.5 Å². The minimum absolute atomic E-state index is 0.183. The number of rotatable bonds is 6. The van der Waals surface area contributed by atoms with Gasteiger partial charge in [0.1, 0.15) is 0 Å². The highest BCUT2D eigenvalue weighted by Crippen LogP contribution is 1.93. The van der Waals surface area contributed by atoms with Gasteiger partial charge in [-0.15, -0.1) is 0 Å². The second-order valence-electron chi connectivity index (χ2n) is 3.87. The third-order valence-corrected chi connectivity index (χ3v) is 2.23. The summed E-state index contributed by atoms with van der Waals surface area (Å²) in [5, 5.41) is 6.65. The highest BCUT2D eigenvalue weighted by molar-refractivity contribution is 6.01. The van der Waals surface area contributed by atoms with Gasteiger partial charge in [-0.3, -0.25) is 9.48 Å². The smallest absolute Gasteiger partial charge is 0.332 e. The first kappa shape index (κ1) is 14.2. The Kier molecular flexibility index (Phi) is 5.31. The summed E-state index contributed by atoms with van der Waals surface area (Å²) in [6.45, 7) is 4.16. The van der Waals surface area contributed by atoms with Crippen molar-refractivity contribution in [3.63, 3.8) is 0 Å². The lowest BCUT2D eigenvalue weighted by Crippen LogP contribution is -2.50. The highest BCUT2D eigenvalue weighted by Gasteiger charge is 2.24. The van der Waals surface area contributed by atoms with Gasteiger partial charge in [-0.2, -0.15) is 5.10 Å². The van der Waals surface area contributed by atoms with Crippen LogP contribution < -0.4 is 11.1 Å². The van der Waals surface area contributed by atoms with E-state index >= 15 is 0 Å². The average molecular weight is 254 g/mol. The first-order valence-electron chi connectivity index (χ1n) is 5.74. The Bertz CT molecular complexity index is 391. The Balaban J connectivity index is 2.41. The second-order valence-corrected chi connectivity index (χ2v) is 3.87. The Hall–Kier alpha value is -1.89. The lowest BCUT2D eigenvalue weighted by molar-refractivity contribution is -0.148. The molecule has 1 aromatic rings. The molecule has 7 nitrogen and oxygen atoms in total. The number of nitrogens with zero attached hydrogens (tertiary/aromatic N) is 2. The first-order valence-corrected chi connectivity index (χ1v) is 5.74. The molecule has 2 atom stereocenters. The molecule has 1 heterocycles. The lowest BCUT2D eigenvalue weighted by Gasteiger charge is -2.16. The minimum Gasteiger partial charge on any atom is -0.464 e. The predicted molar refractivity (Wildman–Crippen MR) is 64.4 cm³/mol. The number of hydrogen-bond acceptors (Lipinski definition) is 5. The summed E-state index contributed by atoms with van der Waals surface area (Å²) < 4.78 is 6.35. The highest BCUT2D eigenvalue weighted by atomic mass is 16.5. The van der Waals surface area contributed by atoms with Gasteiger partial charge in [0.25, 0.3) is 0 Å². The van der Waals surface area contributed by atoms with Crippen LogP contribution in [-0.2, 0) is 20.9 Å². The number of esters is 1. The molecule has 2 unspecified atom stereocenters. The summed E-state index contributed by atoms with van der Waals surface area (Å²) in [5.41, 5.74) is 5.46. The summed E-state index contributed by atoms with van der Waals surface area (Å²) in [6.07, 6.45) is 3.44. The monoisotopic (exact) mass is 254 g/mol. The van der Waals surface area contributed by atoms with E-state index in [1.807, 2.05) is 0 Å². The molecule has 18 heavy (non-hydrogen) atoms. The Morgan fingerprint density at radius 3 is 2.83 bits per heavy atom. The van der Waals surface area contributed by atoms with Crippen LogP contribution in [0.4, 0.5) is 0 Å². The maximum absolute atomic E-state index is 11.6. The van der Waals surface area contributed by atoms with Gasteiger partial charge in [0, 0.05) is 18.4 Å². The van der Waals surface area contributed by atoms with Crippen molar-refractivity contribution < 1.29 is 14.3 Å². The fraction of sp³-hybridized carbons (Fsp3) is 0.545. The zero-order valence-corrected chi connectivity index (χ0v) is 10.5. The fourth-order valence-electron chi connectivity index (χ4n) is 1.41. The van der Waals surface area contributed by atoms with E-state index in [-0.39, 0.29) is 12.6 Å². The molecule has 0 bridgehead atoms. The van der Waals surface area contributed by atoms with Crippen molar-refractivity contribution in [2.45, 2.75) is 32.5 Å². The summed E-state index contributed by atoms with van der Waals surface area (Å²) in [4.78, 5) is 22.9. The standard InChI is InChI=1S/C11H18N4O3/c1-3-18-11(17)9(12)10(16)14-8(2)7-15-6-4-5-13-15/h4-6,8-9H,3,7,12H2,1-2H3,(H,14,16). The molecule has 1 rings (SSSR count). The normalized spacial score (nSPS) is 13.7. The van der Waals surface area contributed by atoms with E-state index in [0.717, 1.165) is 0 Å². The molecular weight excluding hydrogens is 236 g/mol. The largest absolute Gasteiger partial charge is 0.464 e. The quantitative estimate of drug-likeness (QED) is 0.515. The van der Waals surface area contributed by atoms with Gasteiger partial charge in [0.2, 0.25) is 5.91 Å². The van der Waals surface area contributed by atoms with Gasteiger partial charge in [-0.25, -0.2) is 4.79 Å². The van der Waals surface area contributed by atoms with Gasteiger partial charge < -0.3 is 15.8 Å². The molecule has 1 aromatic heterocycles. The van der Waals surface area contributed by atoms with E-state index in [1.54, 1.807) is 37.0 Å². The van der Waals surface area contributed by atoms with Crippen LogP contribution >= 0.6 is 0 Å². The van der Waals surface area contributed by atoms with E-state index in [0.29, 0.717) is 6.54 Å². The van der Waals surface area contributed by atoms with Crippen molar-refractivity contribution >= 4 is 11.9 Å². The molecule has 0 fully saturated rings. The van der Waals surface area contributed by atoms with Crippen LogP contribution in [0.1, 0.15) is 13.8 Å². The molecular formula is C11H18N4O3. The maximum Gasteiger partial charge on any atom is 0.332 e. The van der Waals surface area contributed by atoms with Crippen LogP contribution in [0.15, 0.2) is 18.5 Å². The molecule has 7 heteroatoms. The maximum atomic E-state index is 11.6. The third kappa shape index (κ3) is 4.17. The zero-order chi connectivity index (χ0) is 13.5. The van der Waals surface area contributed by atoms with E-state index in [4.69, 9.17) is 5.73 Å². The van der Waals surface area contributed by atoms with E-state index in [9.17, 15) is 9.59 Å². The number of carbonyl (C=O) groups excluding carboxylic acids is 2. The van der Waals surface area contributed by atoms with Crippen LogP contribution in [0, 0.1) is 0 Å². The van der Waals surface area contributed by atoms with Crippen molar-refractivity contribution in [2.24, 2.45) is 5.73 Å². The number of ether oxygens (including phenoxy) is 1. The SMILES string of the molecule is CCOC(=O)C(N)C(=O)NC(C)Cn1cccn1. The predicted octanol–water partition coefficient (Wildman–Crippen LogP) is -0.722. The molecule has 0 aliphatic rings. The molecule has 3 N–H and O–H groups in total. The van der Waals surface area contributed by atoms with Gasteiger partial charge in [-0.1, -0.05) is 0 Å². The third-order valence-electron chi connectivity index (χ3n) is 2.23. The van der Waals surface area contributed by atoms with Crippen molar-refractivity contribution in [2.75, 3.05) is 6.61 Å². The van der Waals surface area contributed by atoms with E-state index in [1.165, 1.54) is 0 Å². The van der Waals surface area contributed by atoms with Crippen LogP contribution in [0.3, 0.4) is 0 Å². The zero-order valence-electron chi connectivity index (χ0n) is 10.5. The van der Waals surface area contributed by atoms with Gasteiger partial charge in [-0.05, 0) is 19.9 Å². The van der Waals surface area contributed by atoms with Gasteiger partial charge in [0.15, 0.2) is 6.04 Å². The number of hydrogen-bond donors (Lipinski definition) is 2. The van der Waals surface area contributed by atoms with Crippen molar-refractivity contribution in [3.8, 4) is 0 Å². The molecule has 0 aliphatic carbocycles. The fourth-order valence-corrected chi connectivity index (χ4v) is 1.41. The number of carbonyl (C=O) groups is 2. The lowest BCUT2D eigenvalue weighted by atomic mass is 10.2. The average Bonchev–Trinajstić information content (AvgIpc) is 2.80. The number of nitrogens with one attached hydrogen (secondary N) is 1. The Morgan fingerprint density at radius 1 is 1.56 bits per heavy atom. The topological polar surface area (TPSA) is 99.2 Å². The number of amides is 1. The minimum atomic E-state index is -1.29. The summed E-state index contributed by atoms with van der Waals surface area (Å²) in [7, 11) is 0. The molecule has 0 aromatic carbocycles. The molecule has 0 radical (unpaired) electrons. The molecule has 0 saturated heterocycles. The molecule has 0 aliphatic heterocycles. The summed E-state index contributed by atoms with van der Waals surface area (Å²) in [6, 6.07) is 0.321. The Morgan fingerprint density at radius 2 is 2.28 bits per heavy atom. The molecule has 0 spiro atoms. The first-order chi connectivity index (χ1) is 8.54. The van der Waals surface area contributed by atoms with Gasteiger partial charge >= 0.3 is 5.97 Å². The van der Waals surface area contributed by atoms with Crippen LogP contribution in [0.2, 0.25) is 0 Å². The van der Waals surface area contributed by atoms with Crippen LogP contribution in [0.25, 0.3) is 0 Å². The summed E-state index contributed by atoms with van der Waals surface area (Å²) >= 11 is 0. The summed E-state index contributed by atoms with van der Waals surface area (Å²) in [5.74, 6) is -1.27. The van der Waals surface area contributed by atoms with Crippen LogP contribution in [-0.4, -0.2) is 40.3 Å². The van der Waals surface area contributed by atoms with E-state index < -0.39 is 17.9 Å². The number of nitrogens with two attached hydrogens (primary N) is 1. The Labute approximate surface area is 105 Å². The van der Waals surface area contributed by atoms with Crippen LogP contribution in [0.5, 0.6) is 0 Å². The van der Waals surface area contributed by atoms with Gasteiger partial charge in [0.05, 0.1) is 13.2 Å². The molecule has 0 saturated carbocycles. The van der Waals surface area contributed by atoms with E-state index in [2.05, 4.69) is 15.2 Å². The van der Waals surface area contributed by atoms with Crippen molar-refractivity contribution in [1.82, 2.24) is 15.1 Å². The van der Waals surface area contributed by atoms with Crippen molar-refractivity contribution in [1.29, 1.82) is 0 Å². The second kappa shape index (κ2) is 6.75.